The molecule has 11 rings (SSSR count). The highest BCUT2D eigenvalue weighted by molar-refractivity contribution is 7.25. The van der Waals surface area contributed by atoms with Crippen LogP contribution in [0.25, 0.3) is 60.0 Å². The number of rotatable bonds is 8. The second kappa shape index (κ2) is 14.0. The Hall–Kier alpha value is -6.42. The summed E-state index contributed by atoms with van der Waals surface area (Å²) in [5, 5.41) is 4.01. The number of aromatic nitrogens is 1. The molecule has 3 heterocycles. The molecule has 5 aromatic carbocycles. The normalized spacial score (nSPS) is 17.2. The molecule has 57 heavy (non-hydrogen) atoms. The number of thiophene rings is 1. The van der Waals surface area contributed by atoms with E-state index in [-0.39, 0.29) is 0 Å². The molecule has 0 fully saturated rings. The molecule has 1 atom stereocenters. The van der Waals surface area contributed by atoms with Gasteiger partial charge < -0.3 is 9.47 Å². The standard InChI is InChI=1S/C54H42N2S/c1-2-41(15-10-12-36-22-32-46-45-17-7-9-21-52(45)57-53(46)34-36)55(42-28-23-38(24-29-42)37-13-4-3-5-14-37)43-30-25-39(26-31-43)40-27-33-51-49(35-40)48-19-11-18-47-44-16-6-8-20-50(44)56(51)54(47)48/h2-4,6-13,15-18,20-23,25-28,30-35,48H,1,5,14,19,24,29H2/b12-10+,41-15+. The molecule has 0 bridgehead atoms. The van der Waals surface area contributed by atoms with Gasteiger partial charge in [0.1, 0.15) is 0 Å². The molecule has 4 aliphatic rings. The van der Waals surface area contributed by atoms with Gasteiger partial charge in [-0.15, -0.1) is 11.3 Å². The van der Waals surface area contributed by atoms with E-state index >= 15 is 0 Å². The molecule has 7 aromatic rings. The number of allylic oxidation sites excluding steroid dienone is 12. The first kappa shape index (κ1) is 33.9. The number of hydrogen-bond acceptors (Lipinski definition) is 2. The van der Waals surface area contributed by atoms with Crippen LogP contribution in [0.4, 0.5) is 5.69 Å². The monoisotopic (exact) mass is 750 g/mol. The molecule has 0 spiro atoms. The van der Waals surface area contributed by atoms with Crippen LogP contribution in [-0.2, 0) is 0 Å². The van der Waals surface area contributed by atoms with Gasteiger partial charge in [0.2, 0.25) is 0 Å². The van der Waals surface area contributed by atoms with Gasteiger partial charge in [0.05, 0.1) is 5.52 Å². The SMILES string of the molecule is C=C/C(=C\C=C\c1ccc2c(c1)sc1ccccc12)N(C1=CC=C(C2=CC=CCC2)CC1)c1ccc(-c2ccc3c(c2)C2CC=Cc4c2n-3c2ccccc42)cc1. The zero-order valence-corrected chi connectivity index (χ0v) is 32.7. The van der Waals surface area contributed by atoms with Crippen molar-refractivity contribution in [1.29, 1.82) is 0 Å². The largest absolute Gasteiger partial charge is 0.314 e. The number of benzene rings is 5. The average molecular weight is 751 g/mol. The predicted octanol–water partition coefficient (Wildman–Crippen LogP) is 15.0. The topological polar surface area (TPSA) is 8.17 Å². The molecular formula is C54H42N2S. The Balaban J connectivity index is 0.932. The van der Waals surface area contributed by atoms with Crippen LogP contribution in [0.2, 0.25) is 0 Å². The summed E-state index contributed by atoms with van der Waals surface area (Å²) in [5.41, 5.74) is 17.0. The summed E-state index contributed by atoms with van der Waals surface area (Å²) < 4.78 is 5.16. The lowest BCUT2D eigenvalue weighted by Crippen LogP contribution is -2.22. The molecule has 274 valence electrons. The molecule has 3 aliphatic carbocycles. The van der Waals surface area contributed by atoms with Crippen molar-refractivity contribution in [2.24, 2.45) is 0 Å². The van der Waals surface area contributed by atoms with E-state index in [0.717, 1.165) is 43.5 Å². The first-order valence-corrected chi connectivity index (χ1v) is 21.1. The van der Waals surface area contributed by atoms with E-state index in [9.17, 15) is 0 Å². The Bertz CT molecular complexity index is 3000. The second-order valence-corrected chi connectivity index (χ2v) is 16.6. The molecule has 0 saturated carbocycles. The first-order chi connectivity index (χ1) is 28.2. The zero-order valence-electron chi connectivity index (χ0n) is 31.9. The number of hydrogen-bond donors (Lipinski definition) is 0. The summed E-state index contributed by atoms with van der Waals surface area (Å²) in [7, 11) is 0. The quantitative estimate of drug-likeness (QED) is 0.140. The lowest BCUT2D eigenvalue weighted by Gasteiger charge is -2.31. The fourth-order valence-electron chi connectivity index (χ4n) is 9.56. The van der Waals surface area contributed by atoms with E-state index in [1.54, 1.807) is 0 Å². The molecule has 1 unspecified atom stereocenters. The van der Waals surface area contributed by atoms with Crippen molar-refractivity contribution in [1.82, 2.24) is 4.57 Å². The summed E-state index contributed by atoms with van der Waals surface area (Å²) in [6.45, 7) is 4.33. The summed E-state index contributed by atoms with van der Waals surface area (Å²) in [4.78, 5) is 2.40. The van der Waals surface area contributed by atoms with Crippen LogP contribution in [0.1, 0.15) is 60.4 Å². The Morgan fingerprint density at radius 2 is 1.56 bits per heavy atom. The average Bonchev–Trinajstić information content (AvgIpc) is 3.93. The van der Waals surface area contributed by atoms with Crippen LogP contribution in [0, 0.1) is 0 Å². The third kappa shape index (κ3) is 5.76. The highest BCUT2D eigenvalue weighted by atomic mass is 32.1. The van der Waals surface area contributed by atoms with Gasteiger partial charge >= 0.3 is 0 Å². The van der Waals surface area contributed by atoms with Crippen molar-refractivity contribution in [3.05, 3.63) is 215 Å². The number of fused-ring (bicyclic) bond motifs is 9. The molecule has 0 saturated heterocycles. The molecule has 0 radical (unpaired) electrons. The van der Waals surface area contributed by atoms with E-state index < -0.39 is 0 Å². The maximum Gasteiger partial charge on any atom is 0.0538 e. The Labute approximate surface area is 338 Å². The molecule has 2 nitrogen and oxygen atoms in total. The number of anilines is 1. The van der Waals surface area contributed by atoms with Crippen LogP contribution in [-0.4, -0.2) is 4.57 Å². The molecular weight excluding hydrogens is 709 g/mol. The summed E-state index contributed by atoms with van der Waals surface area (Å²) in [6, 6.07) is 40.6. The van der Waals surface area contributed by atoms with Gasteiger partial charge in [-0.1, -0.05) is 122 Å². The van der Waals surface area contributed by atoms with Crippen molar-refractivity contribution >= 4 is 60.3 Å². The maximum absolute atomic E-state index is 4.33. The van der Waals surface area contributed by atoms with E-state index in [2.05, 4.69) is 186 Å². The first-order valence-electron chi connectivity index (χ1n) is 20.2. The molecule has 1 aliphatic heterocycles. The maximum atomic E-state index is 4.33. The van der Waals surface area contributed by atoms with Gasteiger partial charge in [-0.3, -0.25) is 0 Å². The predicted molar refractivity (Wildman–Crippen MR) is 245 cm³/mol. The fourth-order valence-corrected chi connectivity index (χ4v) is 10.7. The minimum Gasteiger partial charge on any atom is -0.314 e. The van der Waals surface area contributed by atoms with Gasteiger partial charge in [-0.05, 0) is 126 Å². The van der Waals surface area contributed by atoms with E-state index in [4.69, 9.17) is 0 Å². The Morgan fingerprint density at radius 3 is 2.40 bits per heavy atom. The highest BCUT2D eigenvalue weighted by Crippen LogP contribution is 2.50. The van der Waals surface area contributed by atoms with Crippen molar-refractivity contribution in [2.75, 3.05) is 4.90 Å². The van der Waals surface area contributed by atoms with Crippen LogP contribution in [0.3, 0.4) is 0 Å². The minimum atomic E-state index is 0.388. The lowest BCUT2D eigenvalue weighted by atomic mass is 9.86. The summed E-state index contributed by atoms with van der Waals surface area (Å²) >= 11 is 1.86. The molecule has 3 heteroatoms. The smallest absolute Gasteiger partial charge is 0.0538 e. The minimum absolute atomic E-state index is 0.388. The van der Waals surface area contributed by atoms with Gasteiger partial charge in [-0.25, -0.2) is 0 Å². The molecule has 0 N–H and O–H groups in total. The van der Waals surface area contributed by atoms with Crippen LogP contribution < -0.4 is 4.90 Å². The fraction of sp³-hybridized carbons (Fsp3) is 0.111. The Kier molecular flexibility index (Phi) is 8.29. The third-order valence-corrected chi connectivity index (χ3v) is 13.4. The van der Waals surface area contributed by atoms with Crippen LogP contribution >= 0.6 is 11.3 Å². The van der Waals surface area contributed by atoms with Crippen LogP contribution in [0.5, 0.6) is 0 Å². The summed E-state index contributed by atoms with van der Waals surface area (Å²) in [6.07, 6.45) is 30.0. The second-order valence-electron chi connectivity index (χ2n) is 15.5. The zero-order chi connectivity index (χ0) is 37.9. The summed E-state index contributed by atoms with van der Waals surface area (Å²) in [5.74, 6) is 0.388. The lowest BCUT2D eigenvalue weighted by molar-refractivity contribution is 0.820. The van der Waals surface area contributed by atoms with Crippen molar-refractivity contribution in [3.63, 3.8) is 0 Å². The van der Waals surface area contributed by atoms with Gasteiger partial charge in [0.15, 0.2) is 0 Å². The van der Waals surface area contributed by atoms with Gasteiger partial charge in [0.25, 0.3) is 0 Å². The number of para-hydroxylation sites is 1. The van der Waals surface area contributed by atoms with Crippen molar-refractivity contribution in [2.45, 2.75) is 38.0 Å². The molecule has 0 amide bonds. The Morgan fingerprint density at radius 1 is 0.737 bits per heavy atom. The van der Waals surface area contributed by atoms with Crippen molar-refractivity contribution < 1.29 is 0 Å². The van der Waals surface area contributed by atoms with Crippen molar-refractivity contribution in [3.8, 4) is 16.8 Å². The van der Waals surface area contributed by atoms with Crippen LogP contribution in [0.15, 0.2) is 193 Å². The van der Waals surface area contributed by atoms with E-state index in [0.29, 0.717) is 5.92 Å². The van der Waals surface area contributed by atoms with Gasteiger partial charge in [0, 0.05) is 65.5 Å². The molecule has 2 aromatic heterocycles. The third-order valence-electron chi connectivity index (χ3n) is 12.3. The number of nitrogens with zero attached hydrogens (tertiary/aromatic N) is 2. The van der Waals surface area contributed by atoms with Gasteiger partial charge in [-0.2, -0.15) is 0 Å². The highest BCUT2D eigenvalue weighted by Gasteiger charge is 2.34. The van der Waals surface area contributed by atoms with E-state index in [1.165, 1.54) is 87.1 Å². The van der Waals surface area contributed by atoms with E-state index in [1.807, 2.05) is 17.4 Å².